The molecule has 1 aliphatic rings. The minimum atomic E-state index is -5.07. The molecular formula is C55H98O12S. The average Bonchev–Trinajstić information content (AvgIpc) is 3.31. The molecule has 6 unspecified atom stereocenters. The monoisotopic (exact) mass is 983 g/mol. The van der Waals surface area contributed by atoms with Gasteiger partial charge in [-0.25, -0.2) is 4.18 Å². The number of carbonyl (C=O) groups is 1. The van der Waals surface area contributed by atoms with Crippen LogP contribution in [0.4, 0.5) is 0 Å². The molecule has 1 heterocycles. The summed E-state index contributed by atoms with van der Waals surface area (Å²) in [5.74, 6) is -0.412. The van der Waals surface area contributed by atoms with Gasteiger partial charge in [-0.15, -0.1) is 0 Å². The number of carbonyl (C=O) groups excluding carboxylic acids is 1. The maximum Gasteiger partial charge on any atom is 0.397 e. The molecular weight excluding hydrogens is 885 g/mol. The Morgan fingerprint density at radius 3 is 1.44 bits per heavy atom. The maximum atomic E-state index is 12.9. The fourth-order valence-corrected chi connectivity index (χ4v) is 8.51. The Labute approximate surface area is 414 Å². The first-order valence-electron chi connectivity index (χ1n) is 27.0. The summed E-state index contributed by atoms with van der Waals surface area (Å²) in [5, 5.41) is 30.8. The molecule has 1 fully saturated rings. The number of rotatable bonds is 47. The van der Waals surface area contributed by atoms with E-state index in [4.69, 9.17) is 18.9 Å². The molecule has 396 valence electrons. The van der Waals surface area contributed by atoms with E-state index < -0.39 is 59.8 Å². The molecule has 0 radical (unpaired) electrons. The minimum Gasteiger partial charge on any atom is -0.457 e. The number of unbranched alkanes of at least 4 members (excludes halogenated alkanes) is 24. The molecule has 6 atom stereocenters. The Balaban J connectivity index is 2.36. The molecule has 0 spiro atoms. The summed E-state index contributed by atoms with van der Waals surface area (Å²) >= 11 is 0. The van der Waals surface area contributed by atoms with Gasteiger partial charge in [0.15, 0.2) is 6.29 Å². The van der Waals surface area contributed by atoms with E-state index in [1.54, 1.807) is 0 Å². The molecule has 1 saturated heterocycles. The zero-order chi connectivity index (χ0) is 49.6. The van der Waals surface area contributed by atoms with E-state index in [-0.39, 0.29) is 19.6 Å². The Hall–Kier alpha value is -2.20. The second kappa shape index (κ2) is 45.9. The number of ether oxygens (including phenoxy) is 4. The van der Waals surface area contributed by atoms with Gasteiger partial charge in [-0.05, 0) is 83.5 Å². The Bertz CT molecular complexity index is 1410. The summed E-state index contributed by atoms with van der Waals surface area (Å²) in [4.78, 5) is 12.9. The number of esters is 1. The normalized spacial score (nSPS) is 19.8. The van der Waals surface area contributed by atoms with Crippen LogP contribution < -0.4 is 0 Å². The second-order valence-electron chi connectivity index (χ2n) is 18.5. The molecule has 0 aromatic rings. The molecule has 0 aliphatic carbocycles. The fourth-order valence-electron chi connectivity index (χ4n) is 8.00. The molecule has 0 amide bonds. The van der Waals surface area contributed by atoms with Crippen LogP contribution in [0.2, 0.25) is 0 Å². The Morgan fingerprint density at radius 2 is 0.971 bits per heavy atom. The molecule has 4 N–H and O–H groups in total. The number of allylic oxidation sites excluding steroid dienone is 10. The van der Waals surface area contributed by atoms with Gasteiger partial charge >= 0.3 is 16.4 Å². The maximum absolute atomic E-state index is 12.9. The third kappa shape index (κ3) is 38.5. The van der Waals surface area contributed by atoms with Crippen LogP contribution in [0, 0.1) is 0 Å². The number of hydrogen-bond donors (Lipinski definition) is 4. The van der Waals surface area contributed by atoms with Crippen LogP contribution in [0.5, 0.6) is 0 Å². The van der Waals surface area contributed by atoms with Gasteiger partial charge in [0, 0.05) is 13.0 Å². The van der Waals surface area contributed by atoms with Crippen molar-refractivity contribution in [2.75, 3.05) is 26.4 Å². The van der Waals surface area contributed by atoms with Gasteiger partial charge < -0.3 is 34.3 Å². The molecule has 0 aromatic heterocycles. The van der Waals surface area contributed by atoms with E-state index in [0.717, 1.165) is 77.0 Å². The van der Waals surface area contributed by atoms with E-state index in [2.05, 4.69) is 78.8 Å². The number of aliphatic hydroxyl groups excluding tert-OH is 3. The summed E-state index contributed by atoms with van der Waals surface area (Å²) in [7, 11) is -5.07. The molecule has 0 bridgehead atoms. The van der Waals surface area contributed by atoms with E-state index >= 15 is 0 Å². The highest BCUT2D eigenvalue weighted by Crippen LogP contribution is 2.26. The summed E-state index contributed by atoms with van der Waals surface area (Å²) in [6.45, 7) is 3.95. The van der Waals surface area contributed by atoms with Crippen molar-refractivity contribution >= 4 is 16.4 Å². The highest BCUT2D eigenvalue weighted by Gasteiger charge is 2.48. The zero-order valence-corrected chi connectivity index (χ0v) is 43.5. The molecule has 0 aromatic carbocycles. The van der Waals surface area contributed by atoms with E-state index in [9.17, 15) is 33.1 Å². The van der Waals surface area contributed by atoms with Gasteiger partial charge in [0.25, 0.3) is 0 Å². The van der Waals surface area contributed by atoms with Crippen LogP contribution in [-0.2, 0) is 38.3 Å². The molecule has 68 heavy (non-hydrogen) atoms. The quantitative estimate of drug-likeness (QED) is 0.0197. The average molecular weight is 983 g/mol. The molecule has 13 heteroatoms. The standard InChI is InChI=1S/C55H98O12S/c1-3-5-7-9-11-13-15-17-19-21-23-25-26-28-30-32-34-36-38-40-42-44-51(57)65-49(48-64-55-53(59)54(67-68(60,61)62)52(58)50(46-56)66-55)47-63-45-43-41-39-37-35-33-31-29-27-24-22-20-18-16-14-12-10-8-6-4-2/h12,14-15,17-18,20-21,23,26,28,49-50,52-56,58-59H,3-11,13,16,19,22,24-25,27,29-48H2,1-2H3,(H,60,61,62)/b14-12-,17-15-,20-18-,23-21-,28-26-. The molecule has 1 aliphatic heterocycles. The van der Waals surface area contributed by atoms with Crippen LogP contribution in [0.3, 0.4) is 0 Å². The number of aliphatic hydroxyl groups is 3. The third-order valence-electron chi connectivity index (χ3n) is 12.1. The summed E-state index contributed by atoms with van der Waals surface area (Å²) in [5.41, 5.74) is 0. The smallest absolute Gasteiger partial charge is 0.397 e. The number of hydrogen-bond acceptors (Lipinski definition) is 11. The molecule has 0 saturated carbocycles. The van der Waals surface area contributed by atoms with Crippen molar-refractivity contribution in [1.29, 1.82) is 0 Å². The second-order valence-corrected chi connectivity index (χ2v) is 19.5. The summed E-state index contributed by atoms with van der Waals surface area (Å²) in [6, 6.07) is 0. The first-order valence-corrected chi connectivity index (χ1v) is 28.4. The predicted octanol–water partition coefficient (Wildman–Crippen LogP) is 12.9. The van der Waals surface area contributed by atoms with Crippen molar-refractivity contribution in [3.8, 4) is 0 Å². The SMILES string of the molecule is CCCCC/C=C\C/C=C\CCCCCCCCCCCCOCC(COC1OC(CO)C(O)C(OS(=O)(=O)O)C1O)OC(=O)CCCCCCCC/C=C\C/C=C\C/C=C\CCCCCCC. The minimum absolute atomic E-state index is 0.0267. The van der Waals surface area contributed by atoms with E-state index in [1.165, 1.54) is 116 Å². The first kappa shape index (κ1) is 63.8. The van der Waals surface area contributed by atoms with Crippen LogP contribution in [0.25, 0.3) is 0 Å². The van der Waals surface area contributed by atoms with Gasteiger partial charge in [0.2, 0.25) is 0 Å². The fraction of sp³-hybridized carbons (Fsp3) is 0.800. The van der Waals surface area contributed by atoms with E-state index in [1.807, 2.05) is 0 Å². The Kier molecular flexibility index (Phi) is 43.1. The largest absolute Gasteiger partial charge is 0.457 e. The van der Waals surface area contributed by atoms with Crippen molar-refractivity contribution in [2.45, 2.75) is 256 Å². The Morgan fingerprint density at radius 1 is 0.559 bits per heavy atom. The lowest BCUT2D eigenvalue weighted by Gasteiger charge is -2.41. The van der Waals surface area contributed by atoms with Crippen molar-refractivity contribution in [3.05, 3.63) is 60.8 Å². The third-order valence-corrected chi connectivity index (χ3v) is 12.6. The topological polar surface area (TPSA) is 178 Å². The van der Waals surface area contributed by atoms with Crippen LogP contribution in [0.1, 0.15) is 219 Å². The van der Waals surface area contributed by atoms with Crippen LogP contribution >= 0.6 is 0 Å². The van der Waals surface area contributed by atoms with Crippen molar-refractivity contribution < 1.29 is 56.2 Å². The highest BCUT2D eigenvalue weighted by molar-refractivity contribution is 7.80. The zero-order valence-electron chi connectivity index (χ0n) is 42.7. The predicted molar refractivity (Wildman–Crippen MR) is 276 cm³/mol. The van der Waals surface area contributed by atoms with Gasteiger partial charge in [-0.3, -0.25) is 9.35 Å². The van der Waals surface area contributed by atoms with Gasteiger partial charge in [0.05, 0.1) is 19.8 Å². The summed E-state index contributed by atoms with van der Waals surface area (Å²) < 4.78 is 59.3. The first-order chi connectivity index (χ1) is 33.1. The summed E-state index contributed by atoms with van der Waals surface area (Å²) in [6.07, 6.45) is 49.6. The lowest BCUT2D eigenvalue weighted by Crippen LogP contribution is -2.60. The van der Waals surface area contributed by atoms with Gasteiger partial charge in [-0.2, -0.15) is 8.42 Å². The lowest BCUT2D eigenvalue weighted by molar-refractivity contribution is -0.301. The molecule has 1 rings (SSSR count). The van der Waals surface area contributed by atoms with Gasteiger partial charge in [-0.1, -0.05) is 190 Å². The highest BCUT2D eigenvalue weighted by atomic mass is 32.3. The van der Waals surface area contributed by atoms with Crippen LogP contribution in [0.15, 0.2) is 60.8 Å². The van der Waals surface area contributed by atoms with E-state index in [0.29, 0.717) is 13.0 Å². The lowest BCUT2D eigenvalue weighted by atomic mass is 9.99. The van der Waals surface area contributed by atoms with Gasteiger partial charge in [0.1, 0.15) is 30.5 Å². The van der Waals surface area contributed by atoms with Crippen molar-refractivity contribution in [1.82, 2.24) is 0 Å². The molecule has 12 nitrogen and oxygen atoms in total. The van der Waals surface area contributed by atoms with Crippen molar-refractivity contribution in [2.24, 2.45) is 0 Å². The van der Waals surface area contributed by atoms with Crippen LogP contribution in [-0.4, -0.2) is 97.5 Å². The van der Waals surface area contributed by atoms with Crippen molar-refractivity contribution in [3.63, 3.8) is 0 Å².